The highest BCUT2D eigenvalue weighted by molar-refractivity contribution is 7.17. The van der Waals surface area contributed by atoms with Crippen LogP contribution in [-0.2, 0) is 0 Å². The van der Waals surface area contributed by atoms with E-state index in [1.54, 1.807) is 0 Å². The molecule has 1 aromatic heterocycles. The Kier molecular flexibility index (Phi) is 4.49. The molecule has 0 aliphatic heterocycles. The van der Waals surface area contributed by atoms with Gasteiger partial charge >= 0.3 is 0 Å². The number of carbonyl (C=O) groups excluding carboxylic acids is 1. The Labute approximate surface area is 146 Å². The number of benzene rings is 2. The van der Waals surface area contributed by atoms with E-state index in [1.807, 2.05) is 81.4 Å². The van der Waals surface area contributed by atoms with E-state index in [-0.39, 0.29) is 11.4 Å². The normalized spacial score (nSPS) is 11.3. The summed E-state index contributed by atoms with van der Waals surface area (Å²) in [5.74, 6) is -0.0824. The Morgan fingerprint density at radius 3 is 2.00 bits per heavy atom. The van der Waals surface area contributed by atoms with Crippen molar-refractivity contribution in [3.8, 4) is 21.8 Å². The standard InChI is InChI=1S/C20H20N2OS/c1-20(2,3)22-18(23)17-16(14-10-6-4-7-11-14)21-19(24-17)15-12-8-5-9-13-15/h4-13H,1-3H3,(H,22,23). The first-order valence-corrected chi connectivity index (χ1v) is 8.70. The zero-order valence-corrected chi connectivity index (χ0v) is 14.9. The molecule has 0 aliphatic rings. The first kappa shape index (κ1) is 16.4. The largest absolute Gasteiger partial charge is 0.347 e. The highest BCUT2D eigenvalue weighted by atomic mass is 32.1. The summed E-state index contributed by atoms with van der Waals surface area (Å²) < 4.78 is 0. The molecule has 3 rings (SSSR count). The van der Waals surface area contributed by atoms with Gasteiger partial charge in [0.15, 0.2) is 0 Å². The number of hydrogen-bond donors (Lipinski definition) is 1. The van der Waals surface area contributed by atoms with E-state index >= 15 is 0 Å². The zero-order valence-electron chi connectivity index (χ0n) is 14.0. The fourth-order valence-corrected chi connectivity index (χ4v) is 3.36. The molecule has 0 saturated carbocycles. The fourth-order valence-electron chi connectivity index (χ4n) is 2.37. The van der Waals surface area contributed by atoms with Crippen LogP contribution in [0.5, 0.6) is 0 Å². The number of thiazole rings is 1. The molecule has 4 heteroatoms. The van der Waals surface area contributed by atoms with Gasteiger partial charge in [-0.15, -0.1) is 11.3 Å². The van der Waals surface area contributed by atoms with Gasteiger partial charge in [-0.1, -0.05) is 60.7 Å². The molecule has 0 radical (unpaired) electrons. The maximum Gasteiger partial charge on any atom is 0.264 e. The number of hydrogen-bond acceptors (Lipinski definition) is 3. The Hall–Kier alpha value is -2.46. The lowest BCUT2D eigenvalue weighted by atomic mass is 10.1. The SMILES string of the molecule is CC(C)(C)NC(=O)c1sc(-c2ccccc2)nc1-c1ccccc1. The molecule has 0 unspecified atom stereocenters. The summed E-state index contributed by atoms with van der Waals surface area (Å²) in [5.41, 5.74) is 2.42. The summed E-state index contributed by atoms with van der Waals surface area (Å²) in [7, 11) is 0. The molecular formula is C20H20N2OS. The molecule has 0 spiro atoms. The van der Waals surface area contributed by atoms with Crippen LogP contribution in [0, 0.1) is 0 Å². The second kappa shape index (κ2) is 6.57. The van der Waals surface area contributed by atoms with Crippen molar-refractivity contribution in [3.63, 3.8) is 0 Å². The van der Waals surface area contributed by atoms with Crippen molar-refractivity contribution >= 4 is 17.2 Å². The number of nitrogens with zero attached hydrogens (tertiary/aromatic N) is 1. The van der Waals surface area contributed by atoms with E-state index in [9.17, 15) is 4.79 Å². The zero-order chi connectivity index (χ0) is 17.2. The lowest BCUT2D eigenvalue weighted by molar-refractivity contribution is 0.0924. The molecule has 3 nitrogen and oxygen atoms in total. The Balaban J connectivity index is 2.09. The third-order valence-electron chi connectivity index (χ3n) is 3.39. The van der Waals surface area contributed by atoms with E-state index in [2.05, 4.69) is 5.32 Å². The molecule has 0 aliphatic carbocycles. The molecule has 0 atom stereocenters. The van der Waals surface area contributed by atoms with Crippen molar-refractivity contribution in [2.75, 3.05) is 0 Å². The Morgan fingerprint density at radius 1 is 0.917 bits per heavy atom. The van der Waals surface area contributed by atoms with Crippen LogP contribution in [-0.4, -0.2) is 16.4 Å². The van der Waals surface area contributed by atoms with Crippen LogP contribution >= 0.6 is 11.3 Å². The third-order valence-corrected chi connectivity index (χ3v) is 4.49. The molecule has 2 aromatic carbocycles. The van der Waals surface area contributed by atoms with Crippen molar-refractivity contribution in [2.24, 2.45) is 0 Å². The first-order valence-electron chi connectivity index (χ1n) is 7.88. The highest BCUT2D eigenvalue weighted by Gasteiger charge is 2.23. The minimum atomic E-state index is -0.290. The van der Waals surface area contributed by atoms with Gasteiger partial charge in [-0.3, -0.25) is 4.79 Å². The smallest absolute Gasteiger partial charge is 0.264 e. The van der Waals surface area contributed by atoms with Crippen molar-refractivity contribution in [2.45, 2.75) is 26.3 Å². The number of carbonyl (C=O) groups is 1. The second-order valence-electron chi connectivity index (χ2n) is 6.63. The van der Waals surface area contributed by atoms with Crippen LogP contribution in [0.2, 0.25) is 0 Å². The number of aromatic nitrogens is 1. The second-order valence-corrected chi connectivity index (χ2v) is 7.63. The van der Waals surface area contributed by atoms with Crippen molar-refractivity contribution < 1.29 is 4.79 Å². The first-order chi connectivity index (χ1) is 11.4. The number of rotatable bonds is 3. The molecule has 1 heterocycles. The maximum absolute atomic E-state index is 12.8. The predicted molar refractivity (Wildman–Crippen MR) is 100 cm³/mol. The third kappa shape index (κ3) is 3.71. The van der Waals surface area contributed by atoms with Gasteiger partial charge in [-0.2, -0.15) is 0 Å². The summed E-state index contributed by atoms with van der Waals surface area (Å²) in [6, 6.07) is 19.8. The van der Waals surface area contributed by atoms with E-state index in [1.165, 1.54) is 11.3 Å². The lowest BCUT2D eigenvalue weighted by Crippen LogP contribution is -2.40. The van der Waals surface area contributed by atoms with E-state index in [0.717, 1.165) is 21.8 Å². The summed E-state index contributed by atoms with van der Waals surface area (Å²) in [6.07, 6.45) is 0. The summed E-state index contributed by atoms with van der Waals surface area (Å²) >= 11 is 1.43. The van der Waals surface area contributed by atoms with E-state index in [4.69, 9.17) is 4.98 Å². The molecular weight excluding hydrogens is 316 g/mol. The van der Waals surface area contributed by atoms with Crippen molar-refractivity contribution in [3.05, 3.63) is 65.5 Å². The van der Waals surface area contributed by atoms with Crippen LogP contribution in [0.25, 0.3) is 21.8 Å². The minimum absolute atomic E-state index is 0.0824. The Bertz CT molecular complexity index is 833. The average molecular weight is 336 g/mol. The van der Waals surface area contributed by atoms with Crippen molar-refractivity contribution in [1.82, 2.24) is 10.3 Å². The molecule has 122 valence electrons. The van der Waals surface area contributed by atoms with Crippen LogP contribution < -0.4 is 5.32 Å². The predicted octanol–water partition coefficient (Wildman–Crippen LogP) is 5.01. The quantitative estimate of drug-likeness (QED) is 0.731. The van der Waals surface area contributed by atoms with E-state index in [0.29, 0.717) is 4.88 Å². The van der Waals surface area contributed by atoms with E-state index < -0.39 is 0 Å². The summed E-state index contributed by atoms with van der Waals surface area (Å²) in [5, 5.41) is 3.90. The summed E-state index contributed by atoms with van der Waals surface area (Å²) in [6.45, 7) is 5.94. The molecule has 0 bridgehead atoms. The monoisotopic (exact) mass is 336 g/mol. The van der Waals surface area contributed by atoms with Crippen LogP contribution in [0.3, 0.4) is 0 Å². The van der Waals surface area contributed by atoms with Gasteiger partial charge in [0.2, 0.25) is 0 Å². The Morgan fingerprint density at radius 2 is 1.46 bits per heavy atom. The van der Waals surface area contributed by atoms with Crippen LogP contribution in [0.1, 0.15) is 30.4 Å². The molecule has 3 aromatic rings. The van der Waals surface area contributed by atoms with Gasteiger partial charge in [0.05, 0.1) is 5.69 Å². The molecule has 24 heavy (non-hydrogen) atoms. The van der Waals surface area contributed by atoms with Crippen LogP contribution in [0.15, 0.2) is 60.7 Å². The van der Waals surface area contributed by atoms with Crippen molar-refractivity contribution in [1.29, 1.82) is 0 Å². The molecule has 0 saturated heterocycles. The molecule has 1 N–H and O–H groups in total. The number of nitrogens with one attached hydrogen (secondary N) is 1. The topological polar surface area (TPSA) is 42.0 Å². The van der Waals surface area contributed by atoms with Gasteiger partial charge < -0.3 is 5.32 Å². The number of amides is 1. The fraction of sp³-hybridized carbons (Fsp3) is 0.200. The van der Waals surface area contributed by atoms with Gasteiger partial charge in [0.25, 0.3) is 5.91 Å². The maximum atomic E-state index is 12.8. The van der Waals surface area contributed by atoms with Gasteiger partial charge in [-0.05, 0) is 20.8 Å². The minimum Gasteiger partial charge on any atom is -0.347 e. The lowest BCUT2D eigenvalue weighted by Gasteiger charge is -2.20. The van der Waals surface area contributed by atoms with Gasteiger partial charge in [-0.25, -0.2) is 4.98 Å². The van der Waals surface area contributed by atoms with Gasteiger partial charge in [0.1, 0.15) is 9.88 Å². The summed E-state index contributed by atoms with van der Waals surface area (Å²) in [4.78, 5) is 18.2. The van der Waals surface area contributed by atoms with Gasteiger partial charge in [0, 0.05) is 16.7 Å². The molecule has 0 fully saturated rings. The highest BCUT2D eigenvalue weighted by Crippen LogP contribution is 2.34. The van der Waals surface area contributed by atoms with Crippen LogP contribution in [0.4, 0.5) is 0 Å². The molecule has 1 amide bonds. The average Bonchev–Trinajstić information content (AvgIpc) is 3.00.